The van der Waals surface area contributed by atoms with E-state index >= 15 is 0 Å². The van der Waals surface area contributed by atoms with Crippen LogP contribution in [0.2, 0.25) is 0 Å². The van der Waals surface area contributed by atoms with Gasteiger partial charge in [-0.3, -0.25) is 4.18 Å². The minimum absolute atomic E-state index is 0.253. The largest absolute Gasteiger partial charge is 0.333 e. The fraction of sp³-hybridized carbons (Fsp3) is 1.00. The van der Waals surface area contributed by atoms with Crippen molar-refractivity contribution in [3.8, 4) is 0 Å². The zero-order valence-corrected chi connectivity index (χ0v) is 8.01. The maximum atomic E-state index is 10.4. The quantitative estimate of drug-likeness (QED) is 0.715. The molecule has 0 amide bonds. The Morgan fingerprint density at radius 3 is 2.58 bits per heavy atom. The van der Waals surface area contributed by atoms with Gasteiger partial charge in [0.05, 0.1) is 6.61 Å². The maximum Gasteiger partial charge on any atom is 0.333 e. The molecule has 0 heterocycles. The highest BCUT2D eigenvalue weighted by Gasteiger charge is 2.22. The minimum Gasteiger partial charge on any atom is -0.258 e. The van der Waals surface area contributed by atoms with Gasteiger partial charge in [0.15, 0.2) is 0 Å². The van der Waals surface area contributed by atoms with Crippen LogP contribution in [0.4, 0.5) is 0 Å². The first-order chi connectivity index (χ1) is 5.47. The van der Waals surface area contributed by atoms with Crippen molar-refractivity contribution in [2.24, 2.45) is 17.0 Å². The van der Waals surface area contributed by atoms with Gasteiger partial charge in [-0.05, 0) is 24.7 Å². The summed E-state index contributed by atoms with van der Waals surface area (Å²) in [7, 11) is -3.73. The van der Waals surface area contributed by atoms with Gasteiger partial charge in [0.2, 0.25) is 0 Å². The second kappa shape index (κ2) is 3.72. The predicted octanol–water partition coefficient (Wildman–Crippen LogP) is 0.643. The highest BCUT2D eigenvalue weighted by Crippen LogP contribution is 2.30. The van der Waals surface area contributed by atoms with Crippen molar-refractivity contribution in [2.45, 2.75) is 26.2 Å². The number of hydrogen-bond acceptors (Lipinski definition) is 3. The molecule has 0 aliphatic heterocycles. The van der Waals surface area contributed by atoms with Crippen LogP contribution in [-0.2, 0) is 14.5 Å². The fourth-order valence-corrected chi connectivity index (χ4v) is 2.05. The standard InChI is InChI=1S/C7H15NO3S/c1-6-2-3-7(4-6)5-11-12(8,9)10/h6-7H,2-5H2,1H3,(H2,8,9,10)/t6-,7+/m0/s1. The van der Waals surface area contributed by atoms with E-state index in [0.29, 0.717) is 11.8 Å². The van der Waals surface area contributed by atoms with Gasteiger partial charge >= 0.3 is 10.3 Å². The first kappa shape index (κ1) is 9.95. The summed E-state index contributed by atoms with van der Waals surface area (Å²) in [6.07, 6.45) is 3.27. The molecule has 0 unspecified atom stereocenters. The van der Waals surface area contributed by atoms with Crippen LogP contribution in [0.1, 0.15) is 26.2 Å². The van der Waals surface area contributed by atoms with Crippen LogP contribution in [0.3, 0.4) is 0 Å². The van der Waals surface area contributed by atoms with Crippen LogP contribution in [0.5, 0.6) is 0 Å². The molecule has 4 nitrogen and oxygen atoms in total. The van der Waals surface area contributed by atoms with Crippen molar-refractivity contribution in [3.63, 3.8) is 0 Å². The Morgan fingerprint density at radius 1 is 1.50 bits per heavy atom. The Hall–Kier alpha value is -0.130. The van der Waals surface area contributed by atoms with Crippen LogP contribution in [0.15, 0.2) is 0 Å². The second-order valence-electron chi connectivity index (χ2n) is 3.56. The summed E-state index contributed by atoms with van der Waals surface area (Å²) in [4.78, 5) is 0. The van der Waals surface area contributed by atoms with Crippen LogP contribution in [0.25, 0.3) is 0 Å². The van der Waals surface area contributed by atoms with Gasteiger partial charge < -0.3 is 0 Å². The van der Waals surface area contributed by atoms with Crippen molar-refractivity contribution >= 4 is 10.3 Å². The summed E-state index contributed by atoms with van der Waals surface area (Å²) >= 11 is 0. The predicted molar refractivity (Wildman–Crippen MR) is 45.6 cm³/mol. The Bertz CT molecular complexity index is 237. The molecule has 72 valence electrons. The van der Waals surface area contributed by atoms with Gasteiger partial charge in [-0.15, -0.1) is 0 Å². The van der Waals surface area contributed by atoms with Gasteiger partial charge in [-0.2, -0.15) is 8.42 Å². The van der Waals surface area contributed by atoms with Gasteiger partial charge in [-0.1, -0.05) is 13.3 Å². The molecule has 0 bridgehead atoms. The summed E-state index contributed by atoms with van der Waals surface area (Å²) in [5.74, 6) is 1.07. The molecule has 1 aliphatic rings. The molecule has 5 heteroatoms. The first-order valence-corrected chi connectivity index (χ1v) is 5.61. The van der Waals surface area contributed by atoms with E-state index in [-0.39, 0.29) is 6.61 Å². The molecule has 0 saturated heterocycles. The molecular weight excluding hydrogens is 178 g/mol. The molecule has 1 rings (SSSR count). The normalized spacial score (nSPS) is 30.8. The van der Waals surface area contributed by atoms with E-state index in [4.69, 9.17) is 5.14 Å². The second-order valence-corrected chi connectivity index (χ2v) is 4.78. The van der Waals surface area contributed by atoms with E-state index in [1.165, 1.54) is 6.42 Å². The molecule has 1 aliphatic carbocycles. The van der Waals surface area contributed by atoms with E-state index in [1.54, 1.807) is 0 Å². The lowest BCUT2D eigenvalue weighted by Crippen LogP contribution is -2.19. The van der Waals surface area contributed by atoms with E-state index in [2.05, 4.69) is 11.1 Å². The summed E-state index contributed by atoms with van der Waals surface area (Å²) in [6, 6.07) is 0. The average molecular weight is 193 g/mol. The Balaban J connectivity index is 2.25. The summed E-state index contributed by atoms with van der Waals surface area (Å²) in [6.45, 7) is 2.42. The number of hydrogen-bond donors (Lipinski definition) is 1. The molecule has 2 atom stereocenters. The third-order valence-electron chi connectivity index (χ3n) is 2.27. The SMILES string of the molecule is C[C@H]1CC[C@@H](COS(N)(=O)=O)C1. The lowest BCUT2D eigenvalue weighted by molar-refractivity contribution is 0.254. The number of nitrogens with two attached hydrogens (primary N) is 1. The third kappa shape index (κ3) is 3.51. The van der Waals surface area contributed by atoms with Crippen LogP contribution in [0, 0.1) is 11.8 Å². The van der Waals surface area contributed by atoms with Crippen LogP contribution >= 0.6 is 0 Å². The molecule has 1 saturated carbocycles. The van der Waals surface area contributed by atoms with Crippen molar-refractivity contribution in [1.82, 2.24) is 0 Å². The number of rotatable bonds is 3. The fourth-order valence-electron chi connectivity index (χ4n) is 1.67. The summed E-state index contributed by atoms with van der Waals surface area (Å²) in [5, 5.41) is 4.70. The molecule has 2 N–H and O–H groups in total. The Labute approximate surface area is 73.3 Å². The molecule has 0 aromatic rings. The van der Waals surface area contributed by atoms with Crippen LogP contribution < -0.4 is 5.14 Å². The van der Waals surface area contributed by atoms with E-state index in [1.807, 2.05) is 0 Å². The lowest BCUT2D eigenvalue weighted by Gasteiger charge is -2.07. The van der Waals surface area contributed by atoms with Gasteiger partial charge in [0.1, 0.15) is 0 Å². The Kier molecular flexibility index (Phi) is 3.09. The van der Waals surface area contributed by atoms with Gasteiger partial charge in [0.25, 0.3) is 0 Å². The third-order valence-corrected chi connectivity index (χ3v) is 2.74. The van der Waals surface area contributed by atoms with Gasteiger partial charge in [-0.25, -0.2) is 5.14 Å². The smallest absolute Gasteiger partial charge is 0.258 e. The maximum absolute atomic E-state index is 10.4. The van der Waals surface area contributed by atoms with E-state index in [0.717, 1.165) is 12.8 Å². The average Bonchev–Trinajstić information content (AvgIpc) is 2.30. The Morgan fingerprint density at radius 2 is 2.17 bits per heavy atom. The molecule has 0 spiro atoms. The monoisotopic (exact) mass is 193 g/mol. The van der Waals surface area contributed by atoms with Crippen molar-refractivity contribution in [3.05, 3.63) is 0 Å². The summed E-state index contributed by atoms with van der Waals surface area (Å²) < 4.78 is 25.4. The zero-order valence-electron chi connectivity index (χ0n) is 7.19. The van der Waals surface area contributed by atoms with Crippen LogP contribution in [-0.4, -0.2) is 15.0 Å². The topological polar surface area (TPSA) is 69.4 Å². The van der Waals surface area contributed by atoms with Gasteiger partial charge in [0, 0.05) is 0 Å². The molecular formula is C7H15NO3S. The highest BCUT2D eigenvalue weighted by molar-refractivity contribution is 7.84. The van der Waals surface area contributed by atoms with Crippen molar-refractivity contribution < 1.29 is 12.6 Å². The minimum atomic E-state index is -3.73. The van der Waals surface area contributed by atoms with E-state index in [9.17, 15) is 8.42 Å². The molecule has 0 aromatic heterocycles. The van der Waals surface area contributed by atoms with E-state index < -0.39 is 10.3 Å². The highest BCUT2D eigenvalue weighted by atomic mass is 32.2. The zero-order chi connectivity index (χ0) is 9.19. The van der Waals surface area contributed by atoms with Crippen molar-refractivity contribution in [2.75, 3.05) is 6.61 Å². The first-order valence-electron chi connectivity index (χ1n) is 4.14. The van der Waals surface area contributed by atoms with Crippen molar-refractivity contribution in [1.29, 1.82) is 0 Å². The molecule has 1 fully saturated rings. The molecule has 0 radical (unpaired) electrons. The lowest BCUT2D eigenvalue weighted by atomic mass is 10.1. The molecule has 0 aromatic carbocycles. The molecule has 12 heavy (non-hydrogen) atoms. The summed E-state index contributed by atoms with van der Waals surface area (Å²) in [5.41, 5.74) is 0.